The van der Waals surface area contributed by atoms with Gasteiger partial charge in [-0.05, 0) is 43.2 Å². The molecule has 0 N–H and O–H groups in total. The highest BCUT2D eigenvalue weighted by molar-refractivity contribution is 5.44. The molecule has 0 radical (unpaired) electrons. The Balaban J connectivity index is 1.47. The quantitative estimate of drug-likeness (QED) is 0.604. The fourth-order valence-corrected chi connectivity index (χ4v) is 3.33. The summed E-state index contributed by atoms with van der Waals surface area (Å²) in [6.45, 7) is 2.65. The van der Waals surface area contributed by atoms with Crippen LogP contribution in [0, 0.1) is 17.5 Å². The van der Waals surface area contributed by atoms with Crippen LogP contribution in [0.25, 0.3) is 0 Å². The molecule has 1 aliphatic rings. The molecular formula is C22H20F3N3O3. The van der Waals surface area contributed by atoms with Crippen LogP contribution in [-0.4, -0.2) is 22.6 Å². The minimum atomic E-state index is -1.09. The predicted octanol–water partition coefficient (Wildman–Crippen LogP) is 4.26. The molecule has 0 spiro atoms. The smallest absolute Gasteiger partial charge is 0.352 e. The van der Waals surface area contributed by atoms with Crippen LogP contribution in [0.2, 0.25) is 0 Å². The van der Waals surface area contributed by atoms with Crippen LogP contribution in [0.1, 0.15) is 18.9 Å². The highest BCUT2D eigenvalue weighted by atomic mass is 19.2. The van der Waals surface area contributed by atoms with Crippen molar-refractivity contribution in [3.63, 3.8) is 0 Å². The van der Waals surface area contributed by atoms with E-state index in [1.165, 1.54) is 18.2 Å². The molecule has 1 atom stereocenters. The first kappa shape index (κ1) is 20.8. The van der Waals surface area contributed by atoms with Gasteiger partial charge in [0.15, 0.2) is 23.2 Å². The summed E-state index contributed by atoms with van der Waals surface area (Å²) in [6, 6.07) is 9.04. The third-order valence-corrected chi connectivity index (χ3v) is 5.26. The van der Waals surface area contributed by atoms with Gasteiger partial charge in [-0.1, -0.05) is 6.07 Å². The van der Waals surface area contributed by atoms with E-state index in [2.05, 4.69) is 11.9 Å². The van der Waals surface area contributed by atoms with Gasteiger partial charge in [-0.25, -0.2) is 18.0 Å². The summed E-state index contributed by atoms with van der Waals surface area (Å²) in [5.74, 6) is -2.10. The molecule has 6 nitrogen and oxygen atoms in total. The van der Waals surface area contributed by atoms with E-state index in [0.717, 1.165) is 24.4 Å². The lowest BCUT2D eigenvalue weighted by Gasteiger charge is -2.34. The van der Waals surface area contributed by atoms with E-state index in [9.17, 15) is 18.0 Å². The summed E-state index contributed by atoms with van der Waals surface area (Å²) in [5, 5.41) is 0. The van der Waals surface area contributed by atoms with Gasteiger partial charge >= 0.3 is 5.69 Å². The molecule has 1 aliphatic heterocycles. The Morgan fingerprint density at radius 1 is 1.06 bits per heavy atom. The lowest BCUT2D eigenvalue weighted by molar-refractivity contribution is 0.289. The van der Waals surface area contributed by atoms with Crippen LogP contribution >= 0.6 is 0 Å². The molecule has 162 valence electrons. The fraction of sp³-hybridized carbons (Fsp3) is 0.273. The zero-order valence-corrected chi connectivity index (χ0v) is 16.9. The Bertz CT molecular complexity index is 1180. The average Bonchev–Trinajstić information content (AvgIpc) is 2.74. The van der Waals surface area contributed by atoms with Crippen molar-refractivity contribution in [2.75, 3.05) is 11.9 Å². The van der Waals surface area contributed by atoms with Crippen molar-refractivity contribution in [2.45, 2.75) is 32.5 Å². The van der Waals surface area contributed by atoms with Crippen LogP contribution in [-0.2, 0) is 13.2 Å². The standard InChI is InChI=1S/C22H20F3N3O3/c1-13-7-8-28-21(27(13)2)11-20(26-22(28)29)30-12-14-3-6-19(18(25)9-14)31-15-4-5-16(23)17(24)10-15/h3-6,9-11,13H,7-8,12H2,1-2H3/t13-/m1/s1. The fourth-order valence-electron chi connectivity index (χ4n) is 3.33. The molecule has 0 saturated carbocycles. The van der Waals surface area contributed by atoms with E-state index >= 15 is 0 Å². The zero-order chi connectivity index (χ0) is 22.1. The van der Waals surface area contributed by atoms with Gasteiger partial charge < -0.3 is 14.4 Å². The maximum atomic E-state index is 14.4. The second kappa shape index (κ2) is 8.33. The van der Waals surface area contributed by atoms with Crippen LogP contribution in [0.3, 0.4) is 0 Å². The molecule has 31 heavy (non-hydrogen) atoms. The van der Waals surface area contributed by atoms with Crippen LogP contribution in [0.15, 0.2) is 47.3 Å². The van der Waals surface area contributed by atoms with E-state index in [1.807, 2.05) is 11.9 Å². The second-order valence-electron chi connectivity index (χ2n) is 7.37. The number of anilines is 1. The lowest BCUT2D eigenvalue weighted by atomic mass is 10.1. The number of aromatic nitrogens is 2. The molecule has 3 aromatic rings. The Morgan fingerprint density at radius 3 is 2.61 bits per heavy atom. The van der Waals surface area contributed by atoms with E-state index < -0.39 is 23.1 Å². The molecule has 0 aliphatic carbocycles. The minimum Gasteiger partial charge on any atom is -0.473 e. The summed E-state index contributed by atoms with van der Waals surface area (Å²) >= 11 is 0. The SMILES string of the molecule is C[C@@H]1CCn2c(cc(OCc3ccc(Oc4ccc(F)c(F)c4)c(F)c3)nc2=O)N1C. The van der Waals surface area contributed by atoms with Gasteiger partial charge in [0.2, 0.25) is 5.88 Å². The number of rotatable bonds is 5. The zero-order valence-electron chi connectivity index (χ0n) is 16.9. The van der Waals surface area contributed by atoms with Crippen molar-refractivity contribution in [1.29, 1.82) is 0 Å². The summed E-state index contributed by atoms with van der Waals surface area (Å²) < 4.78 is 53.2. The lowest BCUT2D eigenvalue weighted by Crippen LogP contribution is -2.41. The highest BCUT2D eigenvalue weighted by Gasteiger charge is 2.22. The van der Waals surface area contributed by atoms with Crippen molar-refractivity contribution in [3.8, 4) is 17.4 Å². The van der Waals surface area contributed by atoms with Gasteiger partial charge in [-0.3, -0.25) is 4.57 Å². The summed E-state index contributed by atoms with van der Waals surface area (Å²) in [4.78, 5) is 18.2. The van der Waals surface area contributed by atoms with E-state index in [4.69, 9.17) is 9.47 Å². The highest BCUT2D eigenvalue weighted by Crippen LogP contribution is 2.27. The maximum absolute atomic E-state index is 14.4. The van der Waals surface area contributed by atoms with Gasteiger partial charge in [-0.2, -0.15) is 4.98 Å². The first-order valence-corrected chi connectivity index (χ1v) is 9.70. The summed E-state index contributed by atoms with van der Waals surface area (Å²) in [6.07, 6.45) is 0.851. The first-order valence-electron chi connectivity index (χ1n) is 9.70. The van der Waals surface area contributed by atoms with E-state index in [0.29, 0.717) is 12.1 Å². The van der Waals surface area contributed by atoms with Crippen LogP contribution < -0.4 is 20.1 Å². The number of nitrogens with zero attached hydrogens (tertiary/aromatic N) is 3. The number of halogens is 3. The largest absolute Gasteiger partial charge is 0.473 e. The molecule has 9 heteroatoms. The molecule has 0 bridgehead atoms. The molecule has 2 heterocycles. The van der Waals surface area contributed by atoms with Gasteiger partial charge in [0.05, 0.1) is 0 Å². The van der Waals surface area contributed by atoms with Crippen molar-refractivity contribution >= 4 is 5.82 Å². The Hall–Kier alpha value is -3.49. The van der Waals surface area contributed by atoms with E-state index in [1.54, 1.807) is 16.7 Å². The second-order valence-corrected chi connectivity index (χ2v) is 7.37. The number of fused-ring (bicyclic) bond motifs is 1. The van der Waals surface area contributed by atoms with Gasteiger partial charge in [-0.15, -0.1) is 0 Å². The third kappa shape index (κ3) is 4.35. The topological polar surface area (TPSA) is 56.6 Å². The molecular weight excluding hydrogens is 411 g/mol. The van der Waals surface area contributed by atoms with Crippen molar-refractivity contribution < 1.29 is 22.6 Å². The number of ether oxygens (including phenoxy) is 2. The van der Waals surface area contributed by atoms with Crippen molar-refractivity contribution in [1.82, 2.24) is 9.55 Å². The number of hydrogen-bond acceptors (Lipinski definition) is 5. The van der Waals surface area contributed by atoms with Crippen LogP contribution in [0.4, 0.5) is 19.0 Å². The van der Waals surface area contributed by atoms with Gasteiger partial charge in [0.25, 0.3) is 0 Å². The Morgan fingerprint density at radius 2 is 1.87 bits per heavy atom. The molecule has 4 rings (SSSR count). The normalized spacial score (nSPS) is 15.5. The predicted molar refractivity (Wildman–Crippen MR) is 108 cm³/mol. The molecule has 2 aromatic carbocycles. The van der Waals surface area contributed by atoms with Gasteiger partial charge in [0.1, 0.15) is 18.2 Å². The first-order chi connectivity index (χ1) is 14.8. The Kier molecular flexibility index (Phi) is 5.58. The van der Waals surface area contributed by atoms with Crippen LogP contribution in [0.5, 0.6) is 17.4 Å². The molecule has 0 fully saturated rings. The number of hydrogen-bond donors (Lipinski definition) is 0. The Labute approximate surface area is 176 Å². The third-order valence-electron chi connectivity index (χ3n) is 5.26. The van der Waals surface area contributed by atoms with Crippen molar-refractivity contribution in [3.05, 3.63) is 76.0 Å². The summed E-state index contributed by atoms with van der Waals surface area (Å²) in [7, 11) is 1.90. The maximum Gasteiger partial charge on any atom is 0.352 e. The van der Waals surface area contributed by atoms with E-state index in [-0.39, 0.29) is 30.0 Å². The monoisotopic (exact) mass is 431 g/mol. The molecule has 0 amide bonds. The van der Waals surface area contributed by atoms with Gasteiger partial charge in [0, 0.05) is 31.8 Å². The average molecular weight is 431 g/mol. The van der Waals surface area contributed by atoms with Crippen molar-refractivity contribution in [2.24, 2.45) is 0 Å². The molecule has 0 unspecified atom stereocenters. The molecule has 0 saturated heterocycles. The number of benzene rings is 2. The molecule has 1 aromatic heterocycles. The minimum absolute atomic E-state index is 0.0163. The summed E-state index contributed by atoms with van der Waals surface area (Å²) in [5.41, 5.74) is 0.0872.